The lowest BCUT2D eigenvalue weighted by atomic mass is 10.1. The number of nitrogens with zero attached hydrogens (tertiary/aromatic N) is 7. The quantitative estimate of drug-likeness (QED) is 0.104. The van der Waals surface area contributed by atoms with E-state index in [-0.39, 0.29) is 68.4 Å². The average Bonchev–Trinajstić information content (AvgIpc) is 4.24. The molecule has 0 spiro atoms. The zero-order valence-electron chi connectivity index (χ0n) is 40.0. The van der Waals surface area contributed by atoms with E-state index in [1.807, 2.05) is 6.07 Å². The number of aliphatic hydroxyl groups excluding tert-OH is 1. The van der Waals surface area contributed by atoms with Crippen molar-refractivity contribution in [1.29, 1.82) is 0 Å². The maximum absolute atomic E-state index is 14.9. The predicted octanol–water partition coefficient (Wildman–Crippen LogP) is 6.88. The lowest BCUT2D eigenvalue weighted by molar-refractivity contribution is -0.118. The molecule has 0 saturated carbocycles. The van der Waals surface area contributed by atoms with Gasteiger partial charge >= 0.3 is 18.3 Å². The standard InChI is InChI=1S/C52H55N7O12/c1-4-69-50(65)57-40-15-12-38-32(34(40)28-43(57)47(62)53-23-26-68-27-24-53)18-21-55(38)49(64)45-30-36-33-19-22-56(39(33)13-16-42(36)59(45)52(67)71-6-3)48(63)44-29-35-31-17-20-54(46(61)10-8-7-9-25-60)37(31)11-14-41(35)58(44)51(66)70-5-2/h11-16,28-30,60H,4-10,17-27H2,1-3H3. The lowest BCUT2D eigenvalue weighted by Crippen LogP contribution is -2.41. The highest BCUT2D eigenvalue weighted by atomic mass is 16.6. The fourth-order valence-corrected chi connectivity index (χ4v) is 10.8. The Hall–Kier alpha value is -7.51. The molecule has 370 valence electrons. The van der Waals surface area contributed by atoms with Gasteiger partial charge in [0.2, 0.25) is 5.91 Å². The molecule has 19 heteroatoms. The third-order valence-electron chi connectivity index (χ3n) is 14.0. The van der Waals surface area contributed by atoms with Crippen LogP contribution in [0.25, 0.3) is 32.7 Å². The molecule has 1 fully saturated rings. The van der Waals surface area contributed by atoms with Crippen molar-refractivity contribution in [2.75, 3.05) is 87.1 Å². The van der Waals surface area contributed by atoms with Crippen LogP contribution in [0.5, 0.6) is 0 Å². The Bertz CT molecular complexity index is 3190. The van der Waals surface area contributed by atoms with E-state index in [9.17, 15) is 38.7 Å². The number of aromatic nitrogens is 3. The van der Waals surface area contributed by atoms with Gasteiger partial charge in [-0.1, -0.05) is 6.42 Å². The van der Waals surface area contributed by atoms with Crippen LogP contribution in [0.1, 0.15) is 94.6 Å². The van der Waals surface area contributed by atoms with Gasteiger partial charge in [0.15, 0.2) is 0 Å². The first-order chi connectivity index (χ1) is 34.5. The summed E-state index contributed by atoms with van der Waals surface area (Å²) in [5.41, 5.74) is 5.83. The van der Waals surface area contributed by atoms with Gasteiger partial charge in [-0.15, -0.1) is 0 Å². The lowest BCUT2D eigenvalue weighted by Gasteiger charge is -2.27. The van der Waals surface area contributed by atoms with E-state index in [1.165, 1.54) is 13.7 Å². The van der Waals surface area contributed by atoms with Gasteiger partial charge in [-0.25, -0.2) is 28.1 Å². The smallest absolute Gasteiger partial charge is 0.419 e. The van der Waals surface area contributed by atoms with E-state index in [0.29, 0.717) is 115 Å². The monoisotopic (exact) mass is 969 g/mol. The van der Waals surface area contributed by atoms with Crippen molar-refractivity contribution in [3.8, 4) is 0 Å². The van der Waals surface area contributed by atoms with E-state index < -0.39 is 30.1 Å². The number of morpholine rings is 1. The molecule has 19 nitrogen and oxygen atoms in total. The molecule has 0 atom stereocenters. The number of aliphatic hydroxyl groups is 1. The van der Waals surface area contributed by atoms with Gasteiger partial charge in [-0.2, -0.15) is 0 Å². The first-order valence-corrected chi connectivity index (χ1v) is 24.5. The van der Waals surface area contributed by atoms with Gasteiger partial charge in [-0.3, -0.25) is 19.2 Å². The fraction of sp³-hybridized carbons (Fsp3) is 0.404. The number of hydrogen-bond acceptors (Lipinski definition) is 12. The maximum atomic E-state index is 14.9. The summed E-state index contributed by atoms with van der Waals surface area (Å²) in [6.07, 6.45) is 1.53. The van der Waals surface area contributed by atoms with Crippen LogP contribution in [0.4, 0.5) is 31.4 Å². The van der Waals surface area contributed by atoms with Crippen LogP contribution in [0.3, 0.4) is 0 Å². The minimum absolute atomic E-state index is 0.0222. The highest BCUT2D eigenvalue weighted by molar-refractivity contribution is 6.17. The molecular formula is C52H55N7O12. The van der Waals surface area contributed by atoms with E-state index in [1.54, 1.807) is 88.9 Å². The minimum atomic E-state index is -0.752. The zero-order chi connectivity index (χ0) is 49.7. The summed E-state index contributed by atoms with van der Waals surface area (Å²) >= 11 is 0. The molecule has 4 amide bonds. The van der Waals surface area contributed by atoms with Gasteiger partial charge in [0.1, 0.15) is 17.1 Å². The average molecular weight is 970 g/mol. The van der Waals surface area contributed by atoms with Gasteiger partial charge in [-0.05, 0) is 124 Å². The van der Waals surface area contributed by atoms with Crippen molar-refractivity contribution in [3.05, 3.63) is 88.4 Å². The van der Waals surface area contributed by atoms with Crippen LogP contribution in [0.2, 0.25) is 0 Å². The van der Waals surface area contributed by atoms with Crippen molar-refractivity contribution in [3.63, 3.8) is 0 Å². The molecule has 3 aromatic carbocycles. The summed E-state index contributed by atoms with van der Waals surface area (Å²) in [6.45, 7) is 7.81. The molecular weight excluding hydrogens is 915 g/mol. The van der Waals surface area contributed by atoms with Crippen molar-refractivity contribution < 1.29 is 57.6 Å². The summed E-state index contributed by atoms with van der Waals surface area (Å²) in [5, 5.41) is 11.0. The summed E-state index contributed by atoms with van der Waals surface area (Å²) in [6, 6.07) is 15.4. The van der Waals surface area contributed by atoms with Crippen LogP contribution >= 0.6 is 0 Å². The number of benzene rings is 3. The highest BCUT2D eigenvalue weighted by Crippen LogP contribution is 2.42. The second kappa shape index (κ2) is 19.4. The maximum Gasteiger partial charge on any atom is 0.419 e. The Kier molecular flexibility index (Phi) is 12.9. The number of carbonyl (C=O) groups is 7. The van der Waals surface area contributed by atoms with E-state index in [0.717, 1.165) is 28.8 Å². The Morgan fingerprint density at radius 3 is 1.31 bits per heavy atom. The Balaban J connectivity index is 0.998. The van der Waals surface area contributed by atoms with Crippen molar-refractivity contribution in [2.24, 2.45) is 0 Å². The fourth-order valence-electron chi connectivity index (χ4n) is 10.8. The van der Waals surface area contributed by atoms with Crippen molar-refractivity contribution in [2.45, 2.75) is 65.7 Å². The van der Waals surface area contributed by atoms with E-state index in [2.05, 4.69) is 0 Å². The predicted molar refractivity (Wildman–Crippen MR) is 262 cm³/mol. The summed E-state index contributed by atoms with van der Waals surface area (Å²) in [4.78, 5) is 105. The van der Waals surface area contributed by atoms with E-state index >= 15 is 0 Å². The van der Waals surface area contributed by atoms with Gasteiger partial charge < -0.3 is 43.7 Å². The number of carbonyl (C=O) groups excluding carboxylic acids is 7. The molecule has 1 N–H and O–H groups in total. The van der Waals surface area contributed by atoms with Crippen molar-refractivity contribution in [1.82, 2.24) is 18.6 Å². The summed E-state index contributed by atoms with van der Waals surface area (Å²) in [5.74, 6) is -1.29. The van der Waals surface area contributed by atoms with Crippen LogP contribution < -0.4 is 14.7 Å². The van der Waals surface area contributed by atoms with Crippen LogP contribution in [0.15, 0.2) is 54.6 Å². The molecule has 6 aromatic rings. The normalized spacial score (nSPS) is 15.2. The van der Waals surface area contributed by atoms with Gasteiger partial charge in [0.05, 0.1) is 49.6 Å². The van der Waals surface area contributed by atoms with E-state index in [4.69, 9.17) is 18.9 Å². The Morgan fingerprint density at radius 2 is 0.901 bits per heavy atom. The largest absolute Gasteiger partial charge is 0.449 e. The van der Waals surface area contributed by atoms with Crippen molar-refractivity contribution >= 4 is 91.7 Å². The Morgan fingerprint density at radius 1 is 0.507 bits per heavy atom. The third-order valence-corrected chi connectivity index (χ3v) is 14.0. The number of unbranched alkanes of at least 4 members (excludes halogenated alkanes) is 2. The molecule has 7 heterocycles. The van der Waals surface area contributed by atoms with Crippen LogP contribution in [0, 0.1) is 0 Å². The molecule has 0 radical (unpaired) electrons. The van der Waals surface area contributed by atoms with Crippen LogP contribution in [-0.4, -0.2) is 138 Å². The van der Waals surface area contributed by atoms with Gasteiger partial charge in [0, 0.05) is 79.0 Å². The molecule has 0 bridgehead atoms. The first kappa shape index (κ1) is 47.2. The number of rotatable bonds is 11. The molecule has 4 aliphatic rings. The second-order valence-electron chi connectivity index (χ2n) is 17.8. The number of fused-ring (bicyclic) bond motifs is 9. The molecule has 1 saturated heterocycles. The molecule has 3 aromatic heterocycles. The molecule has 71 heavy (non-hydrogen) atoms. The third kappa shape index (κ3) is 7.96. The summed E-state index contributed by atoms with van der Waals surface area (Å²) < 4.78 is 25.7. The molecule has 4 aliphatic heterocycles. The number of hydrogen-bond donors (Lipinski definition) is 1. The number of ether oxygens (including phenoxy) is 4. The molecule has 0 aliphatic carbocycles. The number of anilines is 3. The van der Waals surface area contributed by atoms with Gasteiger partial charge in [0.25, 0.3) is 17.7 Å². The van der Waals surface area contributed by atoms with Crippen LogP contribution in [-0.2, 0) is 43.0 Å². The Labute approximate surface area is 407 Å². The minimum Gasteiger partial charge on any atom is -0.449 e. The molecule has 0 unspecified atom stereocenters. The zero-order valence-corrected chi connectivity index (χ0v) is 40.0. The topological polar surface area (TPSA) is 204 Å². The highest BCUT2D eigenvalue weighted by Gasteiger charge is 2.38. The summed E-state index contributed by atoms with van der Waals surface area (Å²) in [7, 11) is 0. The first-order valence-electron chi connectivity index (χ1n) is 24.5. The molecule has 10 rings (SSSR count). The number of amides is 4. The SMILES string of the molecule is CCOC(=O)n1c(C(=O)N2CCc3c2ccc2c3cc(C(=O)N3CCc4c3ccc3c4cc(C(=O)N4CCOCC4)n3C(=O)OCC)n2C(=O)OCC)cc2c3c(ccc21)N(C(=O)CCCCCO)CC3. The second-order valence-corrected chi connectivity index (χ2v) is 17.8.